The zero-order valence-electron chi connectivity index (χ0n) is 11.3. The lowest BCUT2D eigenvalue weighted by molar-refractivity contribution is -0.119. The van der Waals surface area contributed by atoms with Crippen molar-refractivity contribution in [3.05, 3.63) is 71.8 Å². The van der Waals surface area contributed by atoms with Gasteiger partial charge in [0.25, 0.3) is 5.91 Å². The Morgan fingerprint density at radius 3 is 2.30 bits per heavy atom. The molecule has 0 fully saturated rings. The molecule has 0 spiro atoms. The summed E-state index contributed by atoms with van der Waals surface area (Å²) in [6.45, 7) is 0. The molecule has 0 radical (unpaired) electrons. The Labute approximate surface area is 119 Å². The summed E-state index contributed by atoms with van der Waals surface area (Å²) in [5.74, 6) is -0.273. The second-order valence-electron chi connectivity index (χ2n) is 4.64. The second-order valence-corrected chi connectivity index (χ2v) is 4.64. The highest BCUT2D eigenvalue weighted by Gasteiger charge is 2.11. The number of amides is 1. The van der Waals surface area contributed by atoms with Gasteiger partial charge in [-0.25, -0.2) is 4.99 Å². The van der Waals surface area contributed by atoms with Gasteiger partial charge in [-0.3, -0.25) is 4.79 Å². The van der Waals surface area contributed by atoms with Gasteiger partial charge in [0.05, 0.1) is 6.04 Å². The average molecular weight is 266 g/mol. The third-order valence-electron chi connectivity index (χ3n) is 3.04. The molecule has 2 aromatic rings. The van der Waals surface area contributed by atoms with Crippen molar-refractivity contribution >= 4 is 12.1 Å². The van der Waals surface area contributed by atoms with Crippen LogP contribution >= 0.6 is 0 Å². The summed E-state index contributed by atoms with van der Waals surface area (Å²) in [6, 6.07) is 19.0. The van der Waals surface area contributed by atoms with Gasteiger partial charge in [-0.15, -0.1) is 0 Å². The number of carbonyl (C=O) groups excluding carboxylic acids is 1. The lowest BCUT2D eigenvalue weighted by atomic mass is 10.1. The molecule has 20 heavy (non-hydrogen) atoms. The SMILES string of the molecule is N[C@H](CCc1ccccc1)C(=O)N=Cc1ccccc1. The van der Waals surface area contributed by atoms with E-state index < -0.39 is 6.04 Å². The normalized spacial score (nSPS) is 12.4. The first-order chi connectivity index (χ1) is 9.75. The molecule has 0 saturated heterocycles. The van der Waals surface area contributed by atoms with Crippen molar-refractivity contribution in [1.82, 2.24) is 0 Å². The molecule has 0 aliphatic heterocycles. The summed E-state index contributed by atoms with van der Waals surface area (Å²) < 4.78 is 0. The number of aryl methyl sites for hydroxylation is 1. The van der Waals surface area contributed by atoms with Crippen LogP contribution in [0.25, 0.3) is 0 Å². The highest BCUT2D eigenvalue weighted by Crippen LogP contribution is 2.05. The first kappa shape index (κ1) is 14.2. The molecule has 1 amide bonds. The highest BCUT2D eigenvalue weighted by molar-refractivity contribution is 5.94. The number of carbonyl (C=O) groups is 1. The van der Waals surface area contributed by atoms with E-state index in [2.05, 4.69) is 4.99 Å². The van der Waals surface area contributed by atoms with Crippen LogP contribution in [0.3, 0.4) is 0 Å². The monoisotopic (exact) mass is 266 g/mol. The van der Waals surface area contributed by atoms with Crippen LogP contribution in [0.5, 0.6) is 0 Å². The van der Waals surface area contributed by atoms with Crippen molar-refractivity contribution in [2.24, 2.45) is 10.7 Å². The minimum Gasteiger partial charge on any atom is -0.320 e. The number of nitrogens with zero attached hydrogens (tertiary/aromatic N) is 1. The van der Waals surface area contributed by atoms with Crippen LogP contribution in [0.15, 0.2) is 65.7 Å². The second kappa shape index (κ2) is 7.36. The molecule has 102 valence electrons. The van der Waals surface area contributed by atoms with Gasteiger partial charge in [0.1, 0.15) is 0 Å². The summed E-state index contributed by atoms with van der Waals surface area (Å²) >= 11 is 0. The molecule has 0 aromatic heterocycles. The number of hydrogen-bond donors (Lipinski definition) is 1. The molecule has 0 heterocycles. The van der Waals surface area contributed by atoms with Crippen LogP contribution in [-0.2, 0) is 11.2 Å². The van der Waals surface area contributed by atoms with Crippen molar-refractivity contribution < 1.29 is 4.79 Å². The van der Waals surface area contributed by atoms with Crippen LogP contribution in [0, 0.1) is 0 Å². The Kier molecular flexibility index (Phi) is 5.21. The van der Waals surface area contributed by atoms with Crippen molar-refractivity contribution in [3.63, 3.8) is 0 Å². The number of hydrogen-bond acceptors (Lipinski definition) is 2. The predicted octanol–water partition coefficient (Wildman–Crippen LogP) is 2.59. The van der Waals surface area contributed by atoms with Gasteiger partial charge in [-0.1, -0.05) is 60.7 Å². The maximum Gasteiger partial charge on any atom is 0.262 e. The molecule has 0 aliphatic rings. The maximum absolute atomic E-state index is 11.8. The summed E-state index contributed by atoms with van der Waals surface area (Å²) in [7, 11) is 0. The Hall–Kier alpha value is -2.26. The smallest absolute Gasteiger partial charge is 0.262 e. The fourth-order valence-corrected chi connectivity index (χ4v) is 1.86. The van der Waals surface area contributed by atoms with E-state index in [0.29, 0.717) is 6.42 Å². The molecule has 2 N–H and O–H groups in total. The summed E-state index contributed by atoms with van der Waals surface area (Å²) in [5.41, 5.74) is 7.95. The van der Waals surface area contributed by atoms with E-state index in [1.54, 1.807) is 6.21 Å². The standard InChI is InChI=1S/C17H18N2O/c18-16(12-11-14-7-3-1-4-8-14)17(20)19-13-15-9-5-2-6-10-15/h1-10,13,16H,11-12,18H2/t16-/m1/s1. The molecule has 3 nitrogen and oxygen atoms in total. The van der Waals surface area contributed by atoms with Crippen molar-refractivity contribution in [3.8, 4) is 0 Å². The molecule has 2 rings (SSSR count). The minimum atomic E-state index is -0.546. The zero-order chi connectivity index (χ0) is 14.2. The van der Waals surface area contributed by atoms with Gasteiger partial charge in [-0.2, -0.15) is 0 Å². The largest absolute Gasteiger partial charge is 0.320 e. The van der Waals surface area contributed by atoms with Gasteiger partial charge in [-0.05, 0) is 24.0 Å². The molecule has 0 unspecified atom stereocenters. The third kappa shape index (κ3) is 4.44. The van der Waals surface area contributed by atoms with E-state index in [0.717, 1.165) is 12.0 Å². The highest BCUT2D eigenvalue weighted by atomic mass is 16.1. The van der Waals surface area contributed by atoms with Gasteiger partial charge in [0, 0.05) is 6.21 Å². The van der Waals surface area contributed by atoms with Gasteiger partial charge in [0.2, 0.25) is 0 Å². The Balaban J connectivity index is 1.85. The first-order valence-electron chi connectivity index (χ1n) is 6.68. The molecule has 0 aliphatic carbocycles. The van der Waals surface area contributed by atoms with Gasteiger partial charge >= 0.3 is 0 Å². The molecule has 1 atom stereocenters. The van der Waals surface area contributed by atoms with Crippen LogP contribution in [-0.4, -0.2) is 18.2 Å². The van der Waals surface area contributed by atoms with Gasteiger partial charge in [0.15, 0.2) is 0 Å². The average Bonchev–Trinajstić information content (AvgIpc) is 2.52. The van der Waals surface area contributed by atoms with Crippen LogP contribution < -0.4 is 5.73 Å². The number of benzene rings is 2. The van der Waals surface area contributed by atoms with E-state index >= 15 is 0 Å². The van der Waals surface area contributed by atoms with Gasteiger partial charge < -0.3 is 5.73 Å². The fourth-order valence-electron chi connectivity index (χ4n) is 1.86. The Morgan fingerprint density at radius 2 is 1.65 bits per heavy atom. The minimum absolute atomic E-state index is 0.273. The molecule has 2 aromatic carbocycles. The Bertz CT molecular complexity index is 564. The zero-order valence-corrected chi connectivity index (χ0v) is 11.3. The molecular formula is C17H18N2O. The molecule has 3 heteroatoms. The van der Waals surface area contributed by atoms with Crippen molar-refractivity contribution in [2.45, 2.75) is 18.9 Å². The molecular weight excluding hydrogens is 248 g/mol. The quantitative estimate of drug-likeness (QED) is 0.846. The molecule has 0 saturated carbocycles. The van der Waals surface area contributed by atoms with Crippen LogP contribution in [0.4, 0.5) is 0 Å². The summed E-state index contributed by atoms with van der Waals surface area (Å²) in [4.78, 5) is 15.7. The topological polar surface area (TPSA) is 55.5 Å². The molecule has 0 bridgehead atoms. The maximum atomic E-state index is 11.8. The lowest BCUT2D eigenvalue weighted by Gasteiger charge is -2.07. The van der Waals surface area contributed by atoms with Crippen LogP contribution in [0.1, 0.15) is 17.5 Å². The third-order valence-corrected chi connectivity index (χ3v) is 3.04. The van der Waals surface area contributed by atoms with E-state index in [1.165, 1.54) is 5.56 Å². The van der Waals surface area contributed by atoms with E-state index in [9.17, 15) is 4.79 Å². The Morgan fingerprint density at radius 1 is 1.05 bits per heavy atom. The predicted molar refractivity (Wildman–Crippen MR) is 81.8 cm³/mol. The van der Waals surface area contributed by atoms with Crippen LogP contribution in [0.2, 0.25) is 0 Å². The van der Waals surface area contributed by atoms with Crippen molar-refractivity contribution in [1.29, 1.82) is 0 Å². The van der Waals surface area contributed by atoms with E-state index in [4.69, 9.17) is 5.73 Å². The fraction of sp³-hybridized carbons (Fsp3) is 0.176. The van der Waals surface area contributed by atoms with E-state index in [1.807, 2.05) is 60.7 Å². The number of rotatable bonds is 5. The number of aliphatic imine (C=N–C) groups is 1. The summed E-state index contributed by atoms with van der Waals surface area (Å²) in [6.07, 6.45) is 2.95. The number of nitrogens with two attached hydrogens (primary N) is 1. The lowest BCUT2D eigenvalue weighted by Crippen LogP contribution is -2.29. The first-order valence-corrected chi connectivity index (χ1v) is 6.68. The van der Waals surface area contributed by atoms with Crippen molar-refractivity contribution in [2.75, 3.05) is 0 Å². The summed E-state index contributed by atoms with van der Waals surface area (Å²) in [5, 5.41) is 0. The van der Waals surface area contributed by atoms with E-state index in [-0.39, 0.29) is 5.91 Å².